The Morgan fingerprint density at radius 2 is 2.24 bits per heavy atom. The Labute approximate surface area is 104 Å². The van der Waals surface area contributed by atoms with Crippen molar-refractivity contribution in [2.45, 2.75) is 25.8 Å². The number of nitrogens with one attached hydrogen (secondary N) is 2. The first-order valence-electron chi connectivity index (χ1n) is 6.50. The van der Waals surface area contributed by atoms with Gasteiger partial charge in [-0.1, -0.05) is 12.1 Å². The maximum Gasteiger partial charge on any atom is 0.122 e. The van der Waals surface area contributed by atoms with E-state index in [9.17, 15) is 0 Å². The van der Waals surface area contributed by atoms with Crippen LogP contribution in [0.25, 0.3) is 0 Å². The van der Waals surface area contributed by atoms with Crippen LogP contribution in [0.1, 0.15) is 24.0 Å². The lowest BCUT2D eigenvalue weighted by Crippen LogP contribution is -2.19. The van der Waals surface area contributed by atoms with E-state index in [0.717, 1.165) is 44.8 Å². The van der Waals surface area contributed by atoms with E-state index in [1.54, 1.807) is 0 Å². The standard InChI is InChI=1S/C14H22N2O/c1-15-7-3-8-16-11-12-5-6-14-13(10-12)4-2-9-17-14/h5-6,10,15-16H,2-4,7-9,11H2,1H3. The lowest BCUT2D eigenvalue weighted by molar-refractivity contribution is 0.288. The van der Waals surface area contributed by atoms with E-state index in [1.165, 1.54) is 17.5 Å². The number of hydrogen-bond acceptors (Lipinski definition) is 3. The van der Waals surface area contributed by atoms with E-state index in [4.69, 9.17) is 4.74 Å². The molecule has 3 nitrogen and oxygen atoms in total. The second kappa shape index (κ2) is 6.62. The Hall–Kier alpha value is -1.06. The van der Waals surface area contributed by atoms with Crippen molar-refractivity contribution in [3.63, 3.8) is 0 Å². The van der Waals surface area contributed by atoms with Crippen molar-refractivity contribution in [3.8, 4) is 5.75 Å². The Kier molecular flexibility index (Phi) is 4.83. The van der Waals surface area contributed by atoms with Gasteiger partial charge in [-0.05, 0) is 56.6 Å². The van der Waals surface area contributed by atoms with E-state index in [-0.39, 0.29) is 0 Å². The lowest BCUT2D eigenvalue weighted by Gasteiger charge is -2.18. The third kappa shape index (κ3) is 3.72. The first-order valence-corrected chi connectivity index (χ1v) is 6.50. The number of ether oxygens (including phenoxy) is 1. The molecule has 0 aliphatic carbocycles. The van der Waals surface area contributed by atoms with E-state index in [1.807, 2.05) is 7.05 Å². The highest BCUT2D eigenvalue weighted by atomic mass is 16.5. The number of fused-ring (bicyclic) bond motifs is 1. The second-order valence-corrected chi connectivity index (χ2v) is 4.53. The number of rotatable bonds is 6. The Bertz CT molecular complexity index is 352. The highest BCUT2D eigenvalue weighted by molar-refractivity contribution is 5.38. The van der Waals surface area contributed by atoms with Crippen molar-refractivity contribution in [1.82, 2.24) is 10.6 Å². The Morgan fingerprint density at radius 1 is 1.29 bits per heavy atom. The normalized spacial score (nSPS) is 14.2. The average Bonchev–Trinajstić information content (AvgIpc) is 2.38. The van der Waals surface area contributed by atoms with E-state index in [2.05, 4.69) is 28.8 Å². The zero-order chi connectivity index (χ0) is 11.9. The van der Waals surface area contributed by atoms with Crippen molar-refractivity contribution in [1.29, 1.82) is 0 Å². The number of aryl methyl sites for hydroxylation is 1. The van der Waals surface area contributed by atoms with Crippen LogP contribution >= 0.6 is 0 Å². The summed E-state index contributed by atoms with van der Waals surface area (Å²) in [5.41, 5.74) is 2.73. The van der Waals surface area contributed by atoms with Crippen molar-refractivity contribution >= 4 is 0 Å². The third-order valence-corrected chi connectivity index (χ3v) is 3.08. The Balaban J connectivity index is 1.81. The van der Waals surface area contributed by atoms with Crippen molar-refractivity contribution in [3.05, 3.63) is 29.3 Å². The average molecular weight is 234 g/mol. The molecule has 0 atom stereocenters. The van der Waals surface area contributed by atoms with Crippen LogP contribution in [-0.2, 0) is 13.0 Å². The van der Waals surface area contributed by atoms with Crippen molar-refractivity contribution < 1.29 is 4.74 Å². The summed E-state index contributed by atoms with van der Waals surface area (Å²) >= 11 is 0. The summed E-state index contributed by atoms with van der Waals surface area (Å²) in [7, 11) is 1.99. The molecule has 0 spiro atoms. The van der Waals surface area contributed by atoms with Crippen LogP contribution in [0.15, 0.2) is 18.2 Å². The summed E-state index contributed by atoms with van der Waals surface area (Å²) in [6.45, 7) is 3.96. The molecule has 1 aliphatic heterocycles. The minimum Gasteiger partial charge on any atom is -0.493 e. The minimum atomic E-state index is 0.870. The third-order valence-electron chi connectivity index (χ3n) is 3.08. The summed E-state index contributed by atoms with van der Waals surface area (Å²) < 4.78 is 5.61. The monoisotopic (exact) mass is 234 g/mol. The molecule has 3 heteroatoms. The summed E-state index contributed by atoms with van der Waals surface area (Å²) in [5.74, 6) is 1.08. The summed E-state index contributed by atoms with van der Waals surface area (Å²) in [4.78, 5) is 0. The summed E-state index contributed by atoms with van der Waals surface area (Å²) in [5, 5.41) is 6.61. The molecule has 1 aromatic rings. The first-order chi connectivity index (χ1) is 8.40. The van der Waals surface area contributed by atoms with Gasteiger partial charge < -0.3 is 15.4 Å². The maximum absolute atomic E-state index is 5.61. The van der Waals surface area contributed by atoms with Gasteiger partial charge in [0.05, 0.1) is 6.61 Å². The molecule has 1 heterocycles. The fourth-order valence-corrected chi connectivity index (χ4v) is 2.15. The molecular weight excluding hydrogens is 212 g/mol. The first kappa shape index (κ1) is 12.4. The fourth-order valence-electron chi connectivity index (χ4n) is 2.15. The molecule has 0 radical (unpaired) electrons. The molecule has 17 heavy (non-hydrogen) atoms. The molecule has 0 bridgehead atoms. The molecule has 2 rings (SSSR count). The topological polar surface area (TPSA) is 33.3 Å². The van der Waals surface area contributed by atoms with E-state index in [0.29, 0.717) is 0 Å². The smallest absolute Gasteiger partial charge is 0.122 e. The van der Waals surface area contributed by atoms with Crippen LogP contribution in [0.4, 0.5) is 0 Å². The number of benzene rings is 1. The summed E-state index contributed by atoms with van der Waals surface area (Å²) in [6.07, 6.45) is 3.47. The van der Waals surface area contributed by atoms with Crippen LogP contribution in [0.5, 0.6) is 5.75 Å². The van der Waals surface area contributed by atoms with Gasteiger partial charge in [0.25, 0.3) is 0 Å². The van der Waals surface area contributed by atoms with Gasteiger partial charge in [0, 0.05) is 6.54 Å². The van der Waals surface area contributed by atoms with Gasteiger partial charge in [0.2, 0.25) is 0 Å². The minimum absolute atomic E-state index is 0.870. The van der Waals surface area contributed by atoms with Gasteiger partial charge in [-0.2, -0.15) is 0 Å². The van der Waals surface area contributed by atoms with Crippen LogP contribution in [0.3, 0.4) is 0 Å². The highest BCUT2D eigenvalue weighted by Gasteiger charge is 2.09. The highest BCUT2D eigenvalue weighted by Crippen LogP contribution is 2.25. The molecule has 94 valence electrons. The maximum atomic E-state index is 5.61. The SMILES string of the molecule is CNCCCNCc1ccc2c(c1)CCCO2. The molecule has 0 fully saturated rings. The van der Waals surface area contributed by atoms with Crippen molar-refractivity contribution in [2.24, 2.45) is 0 Å². The van der Waals surface area contributed by atoms with Gasteiger partial charge in [0.1, 0.15) is 5.75 Å². The lowest BCUT2D eigenvalue weighted by atomic mass is 10.0. The van der Waals surface area contributed by atoms with E-state index >= 15 is 0 Å². The second-order valence-electron chi connectivity index (χ2n) is 4.53. The van der Waals surface area contributed by atoms with Gasteiger partial charge in [-0.25, -0.2) is 0 Å². The Morgan fingerprint density at radius 3 is 3.12 bits per heavy atom. The molecule has 0 aromatic heterocycles. The zero-order valence-electron chi connectivity index (χ0n) is 10.6. The predicted octanol–water partition coefficient (Wildman–Crippen LogP) is 1.71. The molecule has 0 saturated carbocycles. The van der Waals surface area contributed by atoms with Gasteiger partial charge >= 0.3 is 0 Å². The predicted molar refractivity (Wildman–Crippen MR) is 70.5 cm³/mol. The molecule has 0 saturated heterocycles. The van der Waals surface area contributed by atoms with Gasteiger partial charge in [-0.15, -0.1) is 0 Å². The molecule has 2 N–H and O–H groups in total. The molecule has 1 aliphatic rings. The fraction of sp³-hybridized carbons (Fsp3) is 0.571. The number of hydrogen-bond donors (Lipinski definition) is 2. The van der Waals surface area contributed by atoms with Crippen LogP contribution in [0.2, 0.25) is 0 Å². The largest absolute Gasteiger partial charge is 0.493 e. The molecule has 0 unspecified atom stereocenters. The zero-order valence-corrected chi connectivity index (χ0v) is 10.6. The van der Waals surface area contributed by atoms with E-state index < -0.39 is 0 Å². The summed E-state index contributed by atoms with van der Waals surface area (Å²) in [6, 6.07) is 6.55. The van der Waals surface area contributed by atoms with Gasteiger partial charge in [0.15, 0.2) is 0 Å². The van der Waals surface area contributed by atoms with Gasteiger partial charge in [-0.3, -0.25) is 0 Å². The van der Waals surface area contributed by atoms with Crippen molar-refractivity contribution in [2.75, 3.05) is 26.7 Å². The molecule has 1 aromatic carbocycles. The van der Waals surface area contributed by atoms with Crippen LogP contribution in [0, 0.1) is 0 Å². The quantitative estimate of drug-likeness (QED) is 0.735. The molecule has 0 amide bonds. The van der Waals surface area contributed by atoms with Crippen LogP contribution in [-0.4, -0.2) is 26.7 Å². The molecular formula is C14H22N2O. The van der Waals surface area contributed by atoms with Crippen LogP contribution < -0.4 is 15.4 Å².